The maximum Gasteiger partial charge on any atom is 0.338 e. The molecule has 0 bridgehead atoms. The Balaban J connectivity index is 1.74. The van der Waals surface area contributed by atoms with E-state index >= 15 is 0 Å². The van der Waals surface area contributed by atoms with E-state index in [0.29, 0.717) is 11.7 Å². The molecule has 10 heteroatoms. The van der Waals surface area contributed by atoms with Crippen LogP contribution in [0, 0.1) is 0 Å². The monoisotopic (exact) mass is 395 g/mol. The number of nitrogens with zero attached hydrogens (tertiary/aromatic N) is 2. The molecule has 1 aromatic rings. The Morgan fingerprint density at radius 1 is 1.50 bits per heavy atom. The highest BCUT2D eigenvalue weighted by atomic mass is 32.2. The summed E-state index contributed by atoms with van der Waals surface area (Å²) in [7, 11) is -3.43. The molecule has 138 valence electrons. The predicted octanol–water partition coefficient (Wildman–Crippen LogP) is 1.15. The molecule has 0 aromatic heterocycles. The number of thioether (sulfide) groups is 1. The van der Waals surface area contributed by atoms with E-state index < -0.39 is 28.0 Å². The topological polar surface area (TPSA) is 105 Å². The molecule has 0 aliphatic carbocycles. The van der Waals surface area contributed by atoms with E-state index in [4.69, 9.17) is 4.74 Å². The second-order valence-electron chi connectivity index (χ2n) is 5.68. The summed E-state index contributed by atoms with van der Waals surface area (Å²) in [6.07, 6.45) is 0.589. The van der Waals surface area contributed by atoms with Gasteiger partial charge in [-0.15, -0.1) is 11.0 Å². The fourth-order valence-electron chi connectivity index (χ4n) is 2.46. The number of carbonyl (C=O) groups is 2. The molecule has 26 heavy (non-hydrogen) atoms. The smallest absolute Gasteiger partial charge is 0.338 e. The number of fused-ring (bicyclic) bond motifs is 3. The Labute approximate surface area is 155 Å². The normalized spacial score (nSPS) is 18.2. The lowest BCUT2D eigenvalue weighted by atomic mass is 10.2. The minimum Gasteiger partial charge on any atom is -0.449 e. The van der Waals surface area contributed by atoms with Gasteiger partial charge < -0.3 is 15.0 Å². The first kappa shape index (κ1) is 18.5. The van der Waals surface area contributed by atoms with Crippen molar-refractivity contribution in [2.45, 2.75) is 17.9 Å². The third-order valence-corrected chi connectivity index (χ3v) is 6.09. The zero-order chi connectivity index (χ0) is 18.9. The quantitative estimate of drug-likeness (QED) is 0.589. The zero-order valence-corrected chi connectivity index (χ0v) is 15.6. The van der Waals surface area contributed by atoms with E-state index in [-0.39, 0.29) is 17.9 Å². The van der Waals surface area contributed by atoms with Gasteiger partial charge in [-0.2, -0.15) is 0 Å². The molecule has 0 unspecified atom stereocenters. The van der Waals surface area contributed by atoms with Crippen LogP contribution in [0.25, 0.3) is 0 Å². The van der Waals surface area contributed by atoms with Crippen LogP contribution in [-0.4, -0.2) is 50.4 Å². The first-order valence-corrected chi connectivity index (χ1v) is 10.2. The lowest BCUT2D eigenvalue weighted by molar-refractivity contribution is -0.128. The summed E-state index contributed by atoms with van der Waals surface area (Å²) in [6.45, 7) is 5.60. The second kappa shape index (κ2) is 7.12. The van der Waals surface area contributed by atoms with Gasteiger partial charge in [0.25, 0.3) is 15.9 Å². The Hall–Kier alpha value is -2.33. The van der Waals surface area contributed by atoms with Crippen molar-refractivity contribution < 1.29 is 22.7 Å². The van der Waals surface area contributed by atoms with Crippen LogP contribution in [0.4, 0.5) is 5.69 Å². The van der Waals surface area contributed by atoms with E-state index in [1.165, 1.54) is 24.8 Å². The molecule has 2 heterocycles. The standard InChI is InChI=1S/C16H17N3O5S2/c1-3-6-17-14(20)10(2)24-15(21)11-4-5-12-13(9-11)25-16-18-26(22,23)8-7-19(12)16/h3-5,9-10H,1,6-8H2,2H3,(H,17,20)/t10-/m0/s1. The van der Waals surface area contributed by atoms with Gasteiger partial charge >= 0.3 is 5.97 Å². The number of benzene rings is 1. The predicted molar refractivity (Wildman–Crippen MR) is 99.0 cm³/mol. The van der Waals surface area contributed by atoms with E-state index in [2.05, 4.69) is 16.3 Å². The summed E-state index contributed by atoms with van der Waals surface area (Å²) < 4.78 is 32.2. The number of rotatable bonds is 5. The lowest BCUT2D eigenvalue weighted by Gasteiger charge is -2.22. The van der Waals surface area contributed by atoms with Gasteiger partial charge in [-0.05, 0) is 36.9 Å². The van der Waals surface area contributed by atoms with Crippen LogP contribution in [0.1, 0.15) is 17.3 Å². The Morgan fingerprint density at radius 2 is 2.27 bits per heavy atom. The van der Waals surface area contributed by atoms with Gasteiger partial charge in [-0.25, -0.2) is 13.2 Å². The first-order valence-electron chi connectivity index (χ1n) is 7.82. The van der Waals surface area contributed by atoms with Gasteiger partial charge in [0.1, 0.15) is 0 Å². The third-order valence-electron chi connectivity index (χ3n) is 3.78. The fraction of sp³-hybridized carbons (Fsp3) is 0.312. The van der Waals surface area contributed by atoms with Crippen molar-refractivity contribution in [3.05, 3.63) is 36.4 Å². The van der Waals surface area contributed by atoms with Crippen LogP contribution in [0.5, 0.6) is 0 Å². The molecule has 2 aliphatic heterocycles. The Bertz CT molecular complexity index is 910. The number of carbonyl (C=O) groups excluding carboxylic acids is 2. The van der Waals surface area contributed by atoms with Crippen LogP contribution < -0.4 is 10.2 Å². The number of ether oxygens (including phenoxy) is 1. The average Bonchev–Trinajstić information content (AvgIpc) is 2.94. The second-order valence-corrected chi connectivity index (χ2v) is 8.44. The SMILES string of the molecule is C=CCNC(=O)[C@H](C)OC(=O)c1ccc2c(c1)SC1=NS(=O)(=O)CCN12. The Morgan fingerprint density at radius 3 is 3.00 bits per heavy atom. The van der Waals surface area contributed by atoms with Gasteiger partial charge in [0, 0.05) is 18.0 Å². The summed E-state index contributed by atoms with van der Waals surface area (Å²) in [5.74, 6) is -1.09. The fourth-order valence-corrected chi connectivity index (χ4v) is 4.75. The number of hydrogen-bond acceptors (Lipinski definition) is 7. The van der Waals surface area contributed by atoms with E-state index in [0.717, 1.165) is 10.6 Å². The number of sulfonamides is 1. The molecule has 1 amide bonds. The van der Waals surface area contributed by atoms with Crippen molar-refractivity contribution in [3.63, 3.8) is 0 Å². The number of hydrogen-bond donors (Lipinski definition) is 1. The summed E-state index contributed by atoms with van der Waals surface area (Å²) >= 11 is 1.19. The molecule has 1 N–H and O–H groups in total. The van der Waals surface area contributed by atoms with Crippen LogP contribution in [0.2, 0.25) is 0 Å². The zero-order valence-electron chi connectivity index (χ0n) is 14.0. The average molecular weight is 395 g/mol. The van der Waals surface area contributed by atoms with Gasteiger partial charge in [-0.1, -0.05) is 6.08 Å². The molecule has 0 saturated carbocycles. The van der Waals surface area contributed by atoms with E-state index in [1.54, 1.807) is 18.2 Å². The summed E-state index contributed by atoms with van der Waals surface area (Å²) in [5, 5.41) is 2.94. The summed E-state index contributed by atoms with van der Waals surface area (Å²) in [6, 6.07) is 4.92. The van der Waals surface area contributed by atoms with Crippen LogP contribution >= 0.6 is 11.8 Å². The van der Waals surface area contributed by atoms with Crippen molar-refractivity contribution in [2.24, 2.45) is 4.40 Å². The van der Waals surface area contributed by atoms with Crippen molar-refractivity contribution >= 4 is 44.5 Å². The minimum atomic E-state index is -3.43. The number of nitrogens with one attached hydrogen (secondary N) is 1. The lowest BCUT2D eigenvalue weighted by Crippen LogP contribution is -2.36. The summed E-state index contributed by atoms with van der Waals surface area (Å²) in [4.78, 5) is 26.6. The van der Waals surface area contributed by atoms with Gasteiger partial charge in [0.2, 0.25) is 0 Å². The minimum absolute atomic E-state index is 0.0440. The van der Waals surface area contributed by atoms with E-state index in [1.807, 2.05) is 4.90 Å². The molecule has 1 atom stereocenters. The number of esters is 1. The van der Waals surface area contributed by atoms with Crippen LogP contribution in [-0.2, 0) is 19.6 Å². The van der Waals surface area contributed by atoms with Crippen LogP contribution in [0.15, 0.2) is 40.1 Å². The molecule has 3 rings (SSSR count). The van der Waals surface area contributed by atoms with Gasteiger partial charge in [0.05, 0.1) is 17.0 Å². The third kappa shape index (κ3) is 3.75. The molecular formula is C16H17N3O5S2. The highest BCUT2D eigenvalue weighted by molar-refractivity contribution is 8.15. The summed E-state index contributed by atoms with van der Waals surface area (Å²) in [5.41, 5.74) is 1.08. The molecular weight excluding hydrogens is 378 g/mol. The first-order chi connectivity index (χ1) is 12.3. The van der Waals surface area contributed by atoms with Gasteiger partial charge in [0.15, 0.2) is 11.3 Å². The molecule has 2 aliphatic rings. The van der Waals surface area contributed by atoms with Crippen molar-refractivity contribution in [3.8, 4) is 0 Å². The van der Waals surface area contributed by atoms with Crippen molar-refractivity contribution in [1.29, 1.82) is 0 Å². The molecule has 0 saturated heterocycles. The van der Waals surface area contributed by atoms with Crippen molar-refractivity contribution in [1.82, 2.24) is 5.32 Å². The van der Waals surface area contributed by atoms with Gasteiger partial charge in [-0.3, -0.25) is 4.79 Å². The molecule has 0 radical (unpaired) electrons. The number of amidine groups is 1. The Kier molecular flexibility index (Phi) is 5.05. The molecule has 0 spiro atoms. The number of anilines is 1. The molecule has 1 aromatic carbocycles. The van der Waals surface area contributed by atoms with Crippen LogP contribution in [0.3, 0.4) is 0 Å². The van der Waals surface area contributed by atoms with E-state index in [9.17, 15) is 18.0 Å². The largest absolute Gasteiger partial charge is 0.449 e. The highest BCUT2D eigenvalue weighted by Gasteiger charge is 2.33. The number of amides is 1. The molecule has 0 fully saturated rings. The maximum absolute atomic E-state index is 12.3. The van der Waals surface area contributed by atoms with Crippen molar-refractivity contribution in [2.75, 3.05) is 23.7 Å². The highest BCUT2D eigenvalue weighted by Crippen LogP contribution is 2.42. The molecule has 8 nitrogen and oxygen atoms in total. The maximum atomic E-state index is 12.3.